The van der Waals surface area contributed by atoms with Gasteiger partial charge in [0.25, 0.3) is 10.0 Å². The van der Waals surface area contributed by atoms with Crippen LogP contribution in [-0.2, 0) is 21.8 Å². The molecule has 1 atom stereocenters. The van der Waals surface area contributed by atoms with E-state index < -0.39 is 15.6 Å². The van der Waals surface area contributed by atoms with E-state index in [-0.39, 0.29) is 9.63 Å². The topological polar surface area (TPSA) is 77.3 Å². The third-order valence-electron chi connectivity index (χ3n) is 3.44. The van der Waals surface area contributed by atoms with Crippen molar-refractivity contribution in [3.05, 3.63) is 4.60 Å². The summed E-state index contributed by atoms with van der Waals surface area (Å²) in [6, 6.07) is 0. The van der Waals surface area contributed by atoms with Gasteiger partial charge in [-0.3, -0.25) is 0 Å². The van der Waals surface area contributed by atoms with Crippen LogP contribution in [0.3, 0.4) is 0 Å². The fourth-order valence-corrected chi connectivity index (χ4v) is 4.87. The zero-order chi connectivity index (χ0) is 14.3. The number of hydrogen-bond donors (Lipinski definition) is 0. The molecule has 1 fully saturated rings. The average Bonchev–Trinajstić information content (AvgIpc) is 2.69. The monoisotopic (exact) mass is 352 g/mol. The summed E-state index contributed by atoms with van der Waals surface area (Å²) in [6.45, 7) is 2.74. The van der Waals surface area contributed by atoms with Gasteiger partial charge in [0, 0.05) is 27.2 Å². The molecule has 1 aromatic rings. The van der Waals surface area contributed by atoms with Crippen molar-refractivity contribution in [3.63, 3.8) is 0 Å². The first-order chi connectivity index (χ1) is 8.80. The van der Waals surface area contributed by atoms with Gasteiger partial charge in [-0.25, -0.2) is 13.1 Å². The number of rotatable bonds is 3. The van der Waals surface area contributed by atoms with E-state index in [4.69, 9.17) is 4.74 Å². The molecule has 19 heavy (non-hydrogen) atoms. The van der Waals surface area contributed by atoms with Crippen LogP contribution in [0.15, 0.2) is 9.63 Å². The summed E-state index contributed by atoms with van der Waals surface area (Å²) in [5.74, 6) is 0. The lowest BCUT2D eigenvalue weighted by atomic mass is 9.96. The normalized spacial score (nSPS) is 25.7. The molecule has 1 aliphatic rings. The molecule has 0 saturated carbocycles. The summed E-state index contributed by atoms with van der Waals surface area (Å²) < 4.78 is 33.6. The molecule has 1 saturated heterocycles. The second kappa shape index (κ2) is 5.12. The number of piperidine rings is 1. The summed E-state index contributed by atoms with van der Waals surface area (Å²) in [7, 11) is -0.448. The lowest BCUT2D eigenvalue weighted by molar-refractivity contribution is -0.0320. The molecule has 0 spiro atoms. The number of methoxy groups -OCH3 is 1. The Balaban J connectivity index is 2.35. The average molecular weight is 353 g/mol. The van der Waals surface area contributed by atoms with E-state index in [0.29, 0.717) is 13.1 Å². The Morgan fingerprint density at radius 3 is 2.68 bits per heavy atom. The maximum atomic E-state index is 12.6. The smallest absolute Gasteiger partial charge is 0.263 e. The Morgan fingerprint density at radius 2 is 2.16 bits per heavy atom. The van der Waals surface area contributed by atoms with Gasteiger partial charge in [0.05, 0.1) is 5.60 Å². The highest BCUT2D eigenvalue weighted by Crippen LogP contribution is 2.30. The fraction of sp³-hybridized carbons (Fsp3) is 0.800. The van der Waals surface area contributed by atoms with E-state index in [9.17, 15) is 8.42 Å². The lowest BCUT2D eigenvalue weighted by Gasteiger charge is -2.38. The zero-order valence-corrected chi connectivity index (χ0v) is 13.5. The van der Waals surface area contributed by atoms with Crippen molar-refractivity contribution in [2.75, 3.05) is 20.2 Å². The second-order valence-electron chi connectivity index (χ2n) is 4.91. The summed E-state index contributed by atoms with van der Waals surface area (Å²) in [5, 5.41) is 7.52. The van der Waals surface area contributed by atoms with Gasteiger partial charge in [-0.2, -0.15) is 4.31 Å². The van der Waals surface area contributed by atoms with Crippen LogP contribution in [0.4, 0.5) is 0 Å². The Bertz CT molecular complexity index is 554. The van der Waals surface area contributed by atoms with Crippen molar-refractivity contribution < 1.29 is 13.2 Å². The molecule has 2 heterocycles. The van der Waals surface area contributed by atoms with Crippen LogP contribution in [0.2, 0.25) is 0 Å². The first-order valence-corrected chi connectivity index (χ1v) is 8.14. The van der Waals surface area contributed by atoms with Crippen LogP contribution in [0.25, 0.3) is 0 Å². The van der Waals surface area contributed by atoms with Crippen molar-refractivity contribution in [1.82, 2.24) is 19.3 Å². The molecule has 108 valence electrons. The summed E-state index contributed by atoms with van der Waals surface area (Å²) in [5.41, 5.74) is -0.441. The van der Waals surface area contributed by atoms with E-state index in [0.717, 1.165) is 12.8 Å². The van der Waals surface area contributed by atoms with E-state index in [1.807, 2.05) is 6.92 Å². The summed E-state index contributed by atoms with van der Waals surface area (Å²) in [4.78, 5) is 0. The van der Waals surface area contributed by atoms with Crippen LogP contribution in [0.1, 0.15) is 19.8 Å². The summed E-state index contributed by atoms with van der Waals surface area (Å²) in [6.07, 6.45) is 1.62. The second-order valence-corrected chi connectivity index (χ2v) is 7.51. The first-order valence-electron chi connectivity index (χ1n) is 5.91. The Morgan fingerprint density at radius 1 is 1.47 bits per heavy atom. The molecule has 9 heteroatoms. The van der Waals surface area contributed by atoms with Crippen LogP contribution < -0.4 is 0 Å². The van der Waals surface area contributed by atoms with Crippen LogP contribution in [0, 0.1) is 0 Å². The number of ether oxygens (including phenoxy) is 1. The minimum Gasteiger partial charge on any atom is -0.377 e. The number of hydrogen-bond acceptors (Lipinski definition) is 5. The molecule has 2 rings (SSSR count). The minimum atomic E-state index is -3.62. The lowest BCUT2D eigenvalue weighted by Crippen LogP contribution is -2.49. The third kappa shape index (κ3) is 2.69. The van der Waals surface area contributed by atoms with E-state index in [2.05, 4.69) is 26.2 Å². The van der Waals surface area contributed by atoms with Crippen molar-refractivity contribution in [3.8, 4) is 0 Å². The Kier molecular flexibility index (Phi) is 4.01. The van der Waals surface area contributed by atoms with Gasteiger partial charge >= 0.3 is 0 Å². The number of aryl methyl sites for hydroxylation is 1. The number of nitrogens with zero attached hydrogens (tertiary/aromatic N) is 4. The van der Waals surface area contributed by atoms with E-state index in [1.165, 1.54) is 8.99 Å². The number of aromatic nitrogens is 3. The minimum absolute atomic E-state index is 0.0767. The predicted molar refractivity (Wildman–Crippen MR) is 72.1 cm³/mol. The molecular formula is C10H17BrN4O3S. The van der Waals surface area contributed by atoms with E-state index in [1.54, 1.807) is 14.2 Å². The maximum Gasteiger partial charge on any atom is 0.263 e. The maximum absolute atomic E-state index is 12.6. The molecule has 0 bridgehead atoms. The van der Waals surface area contributed by atoms with Crippen molar-refractivity contribution >= 4 is 26.0 Å². The van der Waals surface area contributed by atoms with Crippen LogP contribution in [0.5, 0.6) is 0 Å². The van der Waals surface area contributed by atoms with Gasteiger partial charge < -0.3 is 4.74 Å². The summed E-state index contributed by atoms with van der Waals surface area (Å²) >= 11 is 3.13. The Labute approximate surface area is 121 Å². The fourth-order valence-electron chi connectivity index (χ4n) is 2.25. The molecule has 0 radical (unpaired) electrons. The van der Waals surface area contributed by atoms with E-state index >= 15 is 0 Å². The van der Waals surface area contributed by atoms with Gasteiger partial charge in [0.1, 0.15) is 0 Å². The highest BCUT2D eigenvalue weighted by atomic mass is 79.9. The molecular weight excluding hydrogens is 336 g/mol. The standard InChI is InChI=1S/C10H17BrN4O3S/c1-10(18-3)5-4-6-15(7-10)19(16,17)9-8(11)12-13-14(9)2/h4-7H2,1-3H3. The molecule has 1 unspecified atom stereocenters. The molecule has 1 aromatic heterocycles. The molecule has 0 N–H and O–H groups in total. The Hall–Kier alpha value is -0.510. The SMILES string of the molecule is COC1(C)CCCN(S(=O)(=O)c2c(Br)nnn2C)C1. The highest BCUT2D eigenvalue weighted by Gasteiger charge is 2.39. The highest BCUT2D eigenvalue weighted by molar-refractivity contribution is 9.10. The van der Waals surface area contributed by atoms with Gasteiger partial charge in [-0.1, -0.05) is 5.21 Å². The number of halogens is 1. The van der Waals surface area contributed by atoms with Crippen LogP contribution in [-0.4, -0.2) is 53.5 Å². The largest absolute Gasteiger partial charge is 0.377 e. The van der Waals surface area contributed by atoms with Gasteiger partial charge in [0.15, 0.2) is 4.60 Å². The van der Waals surface area contributed by atoms with Gasteiger partial charge in [-0.15, -0.1) is 5.10 Å². The predicted octanol–water partition coefficient (Wildman–Crippen LogP) is 0.767. The van der Waals surface area contributed by atoms with Crippen molar-refractivity contribution in [2.45, 2.75) is 30.4 Å². The van der Waals surface area contributed by atoms with Crippen molar-refractivity contribution in [2.24, 2.45) is 7.05 Å². The van der Waals surface area contributed by atoms with Gasteiger partial charge in [-0.05, 0) is 35.7 Å². The molecule has 7 nitrogen and oxygen atoms in total. The molecule has 0 aliphatic carbocycles. The quantitative estimate of drug-likeness (QED) is 0.802. The third-order valence-corrected chi connectivity index (χ3v) is 6.17. The molecule has 0 amide bonds. The van der Waals surface area contributed by atoms with Gasteiger partial charge in [0.2, 0.25) is 5.03 Å². The first kappa shape index (κ1) is 14.9. The zero-order valence-electron chi connectivity index (χ0n) is 11.1. The van der Waals surface area contributed by atoms with Crippen molar-refractivity contribution in [1.29, 1.82) is 0 Å². The number of sulfonamides is 1. The van der Waals surface area contributed by atoms with Crippen LogP contribution >= 0.6 is 15.9 Å². The molecule has 0 aromatic carbocycles. The molecule has 1 aliphatic heterocycles.